The lowest BCUT2D eigenvalue weighted by Gasteiger charge is -2.35. The fourth-order valence-corrected chi connectivity index (χ4v) is 2.71. The largest absolute Gasteiger partial charge is 0.450 e. The van der Waals surface area contributed by atoms with Gasteiger partial charge in [-0.2, -0.15) is 0 Å². The van der Waals surface area contributed by atoms with E-state index in [1.54, 1.807) is 0 Å². The van der Waals surface area contributed by atoms with Crippen molar-refractivity contribution < 1.29 is 9.53 Å². The third-order valence-electron chi connectivity index (χ3n) is 3.31. The maximum absolute atomic E-state index is 10.6. The lowest BCUT2D eigenvalue weighted by atomic mass is 10.0. The smallest absolute Gasteiger partial charge is 0.404 e. The number of piperidine rings is 1. The number of fused-ring (bicyclic) bond motifs is 2. The molecule has 0 aromatic rings. The summed E-state index contributed by atoms with van der Waals surface area (Å²) in [6, 6.07) is 1.19. The van der Waals surface area contributed by atoms with Gasteiger partial charge in [-0.1, -0.05) is 0 Å². The fourth-order valence-electron chi connectivity index (χ4n) is 2.59. The minimum absolute atomic E-state index is 0. The fraction of sp³-hybridized carbons (Fsp3) is 0.889. The first-order chi connectivity index (χ1) is 6.16. The Kier molecular flexibility index (Phi) is 4.04. The van der Waals surface area contributed by atoms with Crippen LogP contribution in [0.2, 0.25) is 0 Å². The average Bonchev–Trinajstić information content (AvgIpc) is 2.33. The monoisotopic (exact) mass is 239 g/mol. The Morgan fingerprint density at radius 1 is 1.36 bits per heavy atom. The molecule has 2 saturated heterocycles. The van der Waals surface area contributed by atoms with E-state index in [0.717, 1.165) is 12.8 Å². The molecule has 0 aromatic carbocycles. The van der Waals surface area contributed by atoms with Crippen molar-refractivity contribution >= 4 is 29.4 Å². The highest BCUT2D eigenvalue weighted by Crippen LogP contribution is 2.35. The second-order valence-corrected chi connectivity index (χ2v) is 4.31. The van der Waals surface area contributed by atoms with Crippen molar-refractivity contribution in [3.05, 3.63) is 0 Å². The molecule has 5 heteroatoms. The maximum atomic E-state index is 10.6. The molecule has 2 bridgehead atoms. The minimum atomic E-state index is -0.658. The first kappa shape index (κ1) is 12.1. The van der Waals surface area contributed by atoms with Crippen molar-refractivity contribution in [3.8, 4) is 0 Å². The van der Waals surface area contributed by atoms with Crippen LogP contribution in [0.5, 0.6) is 0 Å². The van der Waals surface area contributed by atoms with E-state index in [-0.39, 0.29) is 18.5 Å². The number of halogens is 2. The van der Waals surface area contributed by atoms with Gasteiger partial charge in [0.1, 0.15) is 6.10 Å². The number of ether oxygens (including phenoxy) is 1. The van der Waals surface area contributed by atoms with Gasteiger partial charge in [0, 0.05) is 36.5 Å². The predicted octanol–water partition coefficient (Wildman–Crippen LogP) is 2.41. The first-order valence-electron chi connectivity index (χ1n) is 4.75. The van der Waals surface area contributed by atoms with Gasteiger partial charge in [0.15, 0.2) is 0 Å². The van der Waals surface area contributed by atoms with Crippen LogP contribution in [0.4, 0.5) is 4.79 Å². The molecule has 2 aliphatic heterocycles. The van der Waals surface area contributed by atoms with Crippen LogP contribution in [0.15, 0.2) is 0 Å². The van der Waals surface area contributed by atoms with Crippen LogP contribution in [0, 0.1) is 0 Å². The van der Waals surface area contributed by atoms with Crippen molar-refractivity contribution in [3.63, 3.8) is 0 Å². The molecule has 0 saturated carbocycles. The highest BCUT2D eigenvalue weighted by molar-refractivity contribution is 6.61. The number of carbonyl (C=O) groups excluding carboxylic acids is 1. The summed E-state index contributed by atoms with van der Waals surface area (Å²) in [5.74, 6) is 0. The maximum Gasteiger partial charge on any atom is 0.404 e. The molecular weight excluding hydrogens is 225 g/mol. The number of nitrogens with zero attached hydrogens (tertiary/aromatic N) is 1. The van der Waals surface area contributed by atoms with E-state index in [4.69, 9.17) is 16.3 Å². The highest BCUT2D eigenvalue weighted by atomic mass is 35.5. The molecule has 0 aromatic heterocycles. The first-order valence-corrected chi connectivity index (χ1v) is 5.12. The standard InChI is InChI=1S/C9H14ClNO2.ClH/c1-11-6-2-3-7(11)5-8(4-6)13-9(10)12;/h6-8H,2-5H2,1H3;1H/t6-,7+,8-;. The molecule has 0 radical (unpaired) electrons. The lowest BCUT2D eigenvalue weighted by Crippen LogP contribution is -2.43. The van der Waals surface area contributed by atoms with Crippen LogP contribution in [-0.4, -0.2) is 35.6 Å². The predicted molar refractivity (Wildman–Crippen MR) is 57.2 cm³/mol. The second kappa shape index (κ2) is 4.69. The summed E-state index contributed by atoms with van der Waals surface area (Å²) in [4.78, 5) is 13.0. The van der Waals surface area contributed by atoms with Crippen molar-refractivity contribution in [2.24, 2.45) is 0 Å². The molecule has 14 heavy (non-hydrogen) atoms. The van der Waals surface area contributed by atoms with Gasteiger partial charge < -0.3 is 9.64 Å². The molecule has 3 nitrogen and oxygen atoms in total. The molecule has 2 rings (SSSR count). The van der Waals surface area contributed by atoms with Gasteiger partial charge >= 0.3 is 5.43 Å². The summed E-state index contributed by atoms with van der Waals surface area (Å²) in [6.07, 6.45) is 4.42. The lowest BCUT2D eigenvalue weighted by molar-refractivity contribution is 0.0399. The van der Waals surface area contributed by atoms with Crippen LogP contribution in [0.3, 0.4) is 0 Å². The molecule has 0 N–H and O–H groups in total. The Hall–Kier alpha value is 0.01000. The summed E-state index contributed by atoms with van der Waals surface area (Å²) in [5.41, 5.74) is -0.658. The number of hydrogen-bond acceptors (Lipinski definition) is 3. The Labute approximate surface area is 95.1 Å². The normalized spacial score (nSPS) is 36.3. The molecule has 3 atom stereocenters. The van der Waals surface area contributed by atoms with Crippen LogP contribution in [0.1, 0.15) is 25.7 Å². The van der Waals surface area contributed by atoms with E-state index < -0.39 is 5.43 Å². The molecule has 0 spiro atoms. The topological polar surface area (TPSA) is 29.5 Å². The summed E-state index contributed by atoms with van der Waals surface area (Å²) < 4.78 is 5.02. The Morgan fingerprint density at radius 2 is 1.86 bits per heavy atom. The van der Waals surface area contributed by atoms with E-state index in [9.17, 15) is 4.79 Å². The Bertz CT molecular complexity index is 211. The zero-order valence-corrected chi connectivity index (χ0v) is 9.68. The summed E-state index contributed by atoms with van der Waals surface area (Å²) in [7, 11) is 2.15. The SMILES string of the molecule is CN1[C@@H]2CC[C@H]1C[C@H](OC(=O)Cl)C2.Cl. The van der Waals surface area contributed by atoms with Crippen LogP contribution >= 0.6 is 24.0 Å². The zero-order valence-electron chi connectivity index (χ0n) is 8.11. The van der Waals surface area contributed by atoms with Crippen molar-refractivity contribution in [2.75, 3.05) is 7.05 Å². The average molecular weight is 240 g/mol. The van der Waals surface area contributed by atoms with Crippen LogP contribution in [0.25, 0.3) is 0 Å². The molecule has 2 fully saturated rings. The van der Waals surface area contributed by atoms with Crippen molar-refractivity contribution in [2.45, 2.75) is 43.9 Å². The minimum Gasteiger partial charge on any atom is -0.450 e. The van der Waals surface area contributed by atoms with Gasteiger partial charge in [0.25, 0.3) is 0 Å². The number of carbonyl (C=O) groups is 1. The molecule has 2 aliphatic rings. The highest BCUT2D eigenvalue weighted by Gasteiger charge is 2.39. The third-order valence-corrected chi connectivity index (χ3v) is 3.40. The summed E-state index contributed by atoms with van der Waals surface area (Å²) in [6.45, 7) is 0. The summed E-state index contributed by atoms with van der Waals surface area (Å²) in [5, 5.41) is 0. The third kappa shape index (κ3) is 2.33. The molecule has 0 amide bonds. The molecule has 82 valence electrons. The van der Waals surface area contributed by atoms with Gasteiger partial charge in [-0.3, -0.25) is 0 Å². The van der Waals surface area contributed by atoms with Gasteiger partial charge in [0.2, 0.25) is 0 Å². The molecule has 0 unspecified atom stereocenters. The summed E-state index contributed by atoms with van der Waals surface area (Å²) >= 11 is 5.19. The van der Waals surface area contributed by atoms with Gasteiger partial charge in [-0.05, 0) is 19.9 Å². The Balaban J connectivity index is 0.000000980. The van der Waals surface area contributed by atoms with Crippen LogP contribution < -0.4 is 0 Å². The quantitative estimate of drug-likeness (QED) is 0.659. The molecule has 0 aliphatic carbocycles. The van der Waals surface area contributed by atoms with Gasteiger partial charge in [0.05, 0.1) is 0 Å². The molecular formula is C9H15Cl2NO2. The number of rotatable bonds is 1. The van der Waals surface area contributed by atoms with E-state index in [2.05, 4.69) is 11.9 Å². The van der Waals surface area contributed by atoms with E-state index in [1.807, 2.05) is 0 Å². The van der Waals surface area contributed by atoms with Crippen LogP contribution in [-0.2, 0) is 4.74 Å². The Morgan fingerprint density at radius 3 is 2.29 bits per heavy atom. The van der Waals surface area contributed by atoms with Crippen molar-refractivity contribution in [1.82, 2.24) is 4.90 Å². The zero-order chi connectivity index (χ0) is 9.42. The van der Waals surface area contributed by atoms with Gasteiger partial charge in [-0.25, -0.2) is 4.79 Å². The second-order valence-electron chi connectivity index (χ2n) is 4.00. The van der Waals surface area contributed by atoms with E-state index >= 15 is 0 Å². The van der Waals surface area contributed by atoms with Gasteiger partial charge in [-0.15, -0.1) is 12.4 Å². The van der Waals surface area contributed by atoms with E-state index in [1.165, 1.54) is 12.8 Å². The van der Waals surface area contributed by atoms with Crippen molar-refractivity contribution in [1.29, 1.82) is 0 Å². The number of hydrogen-bond donors (Lipinski definition) is 0. The van der Waals surface area contributed by atoms with E-state index in [0.29, 0.717) is 12.1 Å². The molecule has 2 heterocycles.